The first-order valence-corrected chi connectivity index (χ1v) is 6.68. The quantitative estimate of drug-likeness (QED) is 0.621. The minimum atomic E-state index is -1.02. The summed E-state index contributed by atoms with van der Waals surface area (Å²) in [6.45, 7) is 5.38. The minimum Gasteiger partial charge on any atom is -0.480 e. The fourth-order valence-electron chi connectivity index (χ4n) is 1.65. The van der Waals surface area contributed by atoms with Gasteiger partial charge in [0.15, 0.2) is 0 Å². The normalized spacial score (nSPS) is 12.2. The van der Waals surface area contributed by atoms with E-state index < -0.39 is 18.0 Å². The summed E-state index contributed by atoms with van der Waals surface area (Å²) in [5.74, 6) is -0.840. The number of carbonyl (C=O) groups is 2. The van der Waals surface area contributed by atoms with Crippen LogP contribution in [0.2, 0.25) is 0 Å². The molecule has 0 bridgehead atoms. The van der Waals surface area contributed by atoms with Crippen LogP contribution in [-0.2, 0) is 14.3 Å². The standard InChI is InChI=1S/C13H26N2O5/c1-10(2)9-11(12(16)17)14-13(18)15(5-7-19-3)6-8-20-4/h10-11H,5-9H2,1-4H3,(H,14,18)(H,16,17). The Bertz CT molecular complexity index is 288. The van der Waals surface area contributed by atoms with Crippen LogP contribution in [0.1, 0.15) is 20.3 Å². The molecule has 0 spiro atoms. The number of ether oxygens (including phenoxy) is 2. The molecule has 0 saturated heterocycles. The van der Waals surface area contributed by atoms with Crippen LogP contribution in [-0.4, -0.2) is 68.6 Å². The number of amides is 2. The first kappa shape index (κ1) is 18.7. The van der Waals surface area contributed by atoms with Crippen molar-refractivity contribution in [1.82, 2.24) is 10.2 Å². The van der Waals surface area contributed by atoms with Gasteiger partial charge in [-0.1, -0.05) is 13.8 Å². The molecule has 0 aliphatic carbocycles. The second kappa shape index (κ2) is 10.4. The molecule has 2 N–H and O–H groups in total. The fourth-order valence-corrected chi connectivity index (χ4v) is 1.65. The third-order valence-corrected chi connectivity index (χ3v) is 2.72. The van der Waals surface area contributed by atoms with E-state index in [-0.39, 0.29) is 5.92 Å². The number of methoxy groups -OCH3 is 2. The Morgan fingerprint density at radius 2 is 1.65 bits per heavy atom. The topological polar surface area (TPSA) is 88.1 Å². The zero-order chi connectivity index (χ0) is 15.5. The van der Waals surface area contributed by atoms with E-state index in [1.54, 1.807) is 14.2 Å². The summed E-state index contributed by atoms with van der Waals surface area (Å²) in [4.78, 5) is 24.7. The summed E-state index contributed by atoms with van der Waals surface area (Å²) >= 11 is 0. The zero-order valence-electron chi connectivity index (χ0n) is 12.7. The summed E-state index contributed by atoms with van der Waals surface area (Å²) < 4.78 is 9.88. The highest BCUT2D eigenvalue weighted by molar-refractivity contribution is 5.82. The van der Waals surface area contributed by atoms with Gasteiger partial charge in [-0.05, 0) is 12.3 Å². The first-order chi connectivity index (χ1) is 9.42. The highest BCUT2D eigenvalue weighted by Crippen LogP contribution is 2.05. The Balaban J connectivity index is 4.55. The van der Waals surface area contributed by atoms with Crippen molar-refractivity contribution in [3.8, 4) is 0 Å². The number of carbonyl (C=O) groups excluding carboxylic acids is 1. The van der Waals surface area contributed by atoms with E-state index in [4.69, 9.17) is 14.6 Å². The summed E-state index contributed by atoms with van der Waals surface area (Å²) in [7, 11) is 3.09. The van der Waals surface area contributed by atoms with Gasteiger partial charge in [-0.25, -0.2) is 9.59 Å². The Labute approximate surface area is 120 Å². The molecule has 0 rings (SSSR count). The third-order valence-electron chi connectivity index (χ3n) is 2.72. The second-order valence-corrected chi connectivity index (χ2v) is 4.94. The van der Waals surface area contributed by atoms with E-state index in [9.17, 15) is 9.59 Å². The second-order valence-electron chi connectivity index (χ2n) is 4.94. The SMILES string of the molecule is COCCN(CCOC)C(=O)NC(CC(C)C)C(=O)O. The van der Waals surface area contributed by atoms with Gasteiger partial charge in [-0.2, -0.15) is 0 Å². The molecule has 0 aromatic carbocycles. The van der Waals surface area contributed by atoms with Crippen LogP contribution in [0.3, 0.4) is 0 Å². The maximum Gasteiger partial charge on any atom is 0.326 e. The van der Waals surface area contributed by atoms with Gasteiger partial charge in [0, 0.05) is 27.3 Å². The van der Waals surface area contributed by atoms with E-state index in [2.05, 4.69) is 5.32 Å². The van der Waals surface area contributed by atoms with Crippen LogP contribution >= 0.6 is 0 Å². The third kappa shape index (κ3) is 7.96. The Kier molecular flexibility index (Phi) is 9.75. The van der Waals surface area contributed by atoms with Gasteiger partial charge in [0.05, 0.1) is 13.2 Å². The lowest BCUT2D eigenvalue weighted by Gasteiger charge is -2.25. The summed E-state index contributed by atoms with van der Waals surface area (Å²) in [6, 6.07) is -1.29. The molecule has 0 aromatic heterocycles. The maximum absolute atomic E-state index is 12.1. The lowest BCUT2D eigenvalue weighted by atomic mass is 10.0. The van der Waals surface area contributed by atoms with E-state index in [0.717, 1.165) is 0 Å². The molecular formula is C13H26N2O5. The minimum absolute atomic E-state index is 0.183. The summed E-state index contributed by atoms with van der Waals surface area (Å²) in [5, 5.41) is 11.7. The van der Waals surface area contributed by atoms with Crippen molar-refractivity contribution in [2.75, 3.05) is 40.5 Å². The molecular weight excluding hydrogens is 264 g/mol. The molecule has 7 heteroatoms. The highest BCUT2D eigenvalue weighted by atomic mass is 16.5. The van der Waals surface area contributed by atoms with Crippen LogP contribution in [0.15, 0.2) is 0 Å². The molecule has 118 valence electrons. The number of nitrogens with zero attached hydrogens (tertiary/aromatic N) is 1. The number of nitrogens with one attached hydrogen (secondary N) is 1. The lowest BCUT2D eigenvalue weighted by molar-refractivity contribution is -0.139. The first-order valence-electron chi connectivity index (χ1n) is 6.68. The predicted octanol–water partition coefficient (Wildman–Crippen LogP) is 0.790. The largest absolute Gasteiger partial charge is 0.480 e. The monoisotopic (exact) mass is 290 g/mol. The number of aliphatic carboxylic acids is 1. The molecule has 1 atom stereocenters. The number of carboxylic acids is 1. The molecule has 7 nitrogen and oxygen atoms in total. The number of hydrogen-bond acceptors (Lipinski definition) is 4. The van der Waals surface area contributed by atoms with E-state index >= 15 is 0 Å². The number of rotatable bonds is 10. The van der Waals surface area contributed by atoms with Crippen LogP contribution in [0, 0.1) is 5.92 Å². The zero-order valence-corrected chi connectivity index (χ0v) is 12.7. The van der Waals surface area contributed by atoms with E-state index in [1.807, 2.05) is 13.8 Å². The van der Waals surface area contributed by atoms with Crippen molar-refractivity contribution in [3.63, 3.8) is 0 Å². The maximum atomic E-state index is 12.1. The van der Waals surface area contributed by atoms with Crippen molar-refractivity contribution in [1.29, 1.82) is 0 Å². The predicted molar refractivity (Wildman–Crippen MR) is 74.7 cm³/mol. The molecule has 20 heavy (non-hydrogen) atoms. The van der Waals surface area contributed by atoms with Crippen molar-refractivity contribution in [3.05, 3.63) is 0 Å². The van der Waals surface area contributed by atoms with E-state index in [1.165, 1.54) is 4.90 Å². The summed E-state index contributed by atoms with van der Waals surface area (Å²) in [5.41, 5.74) is 0. The molecule has 0 fully saturated rings. The highest BCUT2D eigenvalue weighted by Gasteiger charge is 2.23. The van der Waals surface area contributed by atoms with E-state index in [0.29, 0.717) is 32.7 Å². The van der Waals surface area contributed by atoms with Crippen molar-refractivity contribution in [2.45, 2.75) is 26.3 Å². The number of hydrogen-bond donors (Lipinski definition) is 2. The van der Waals surface area contributed by atoms with Gasteiger partial charge < -0.3 is 24.8 Å². The van der Waals surface area contributed by atoms with Gasteiger partial charge in [-0.15, -0.1) is 0 Å². The molecule has 1 unspecified atom stereocenters. The van der Waals surface area contributed by atoms with Crippen molar-refractivity contribution >= 4 is 12.0 Å². The van der Waals surface area contributed by atoms with Gasteiger partial charge >= 0.3 is 12.0 Å². The molecule has 0 radical (unpaired) electrons. The number of urea groups is 1. The van der Waals surface area contributed by atoms with Crippen LogP contribution < -0.4 is 5.32 Å². The van der Waals surface area contributed by atoms with Gasteiger partial charge in [0.2, 0.25) is 0 Å². The Morgan fingerprint density at radius 3 is 2.00 bits per heavy atom. The fraction of sp³-hybridized carbons (Fsp3) is 0.846. The van der Waals surface area contributed by atoms with Crippen LogP contribution in [0.4, 0.5) is 4.79 Å². The lowest BCUT2D eigenvalue weighted by Crippen LogP contribution is -2.50. The Morgan fingerprint density at radius 1 is 1.15 bits per heavy atom. The number of carboxylic acid groups (broad SMARTS) is 1. The van der Waals surface area contributed by atoms with Gasteiger partial charge in [-0.3, -0.25) is 0 Å². The molecule has 0 aliphatic rings. The van der Waals surface area contributed by atoms with Crippen LogP contribution in [0.25, 0.3) is 0 Å². The summed E-state index contributed by atoms with van der Waals surface area (Å²) in [6.07, 6.45) is 0.392. The van der Waals surface area contributed by atoms with Gasteiger partial charge in [0.1, 0.15) is 6.04 Å². The molecule has 0 aliphatic heterocycles. The average molecular weight is 290 g/mol. The van der Waals surface area contributed by atoms with Gasteiger partial charge in [0.25, 0.3) is 0 Å². The Hall–Kier alpha value is -1.34. The van der Waals surface area contributed by atoms with Crippen molar-refractivity contribution < 1.29 is 24.2 Å². The van der Waals surface area contributed by atoms with Crippen molar-refractivity contribution in [2.24, 2.45) is 5.92 Å². The van der Waals surface area contributed by atoms with Crippen LogP contribution in [0.5, 0.6) is 0 Å². The molecule has 0 saturated carbocycles. The molecule has 0 aromatic rings. The molecule has 0 heterocycles. The average Bonchev–Trinajstić information content (AvgIpc) is 2.37. The smallest absolute Gasteiger partial charge is 0.326 e. The molecule has 2 amide bonds.